The van der Waals surface area contributed by atoms with E-state index in [1.165, 1.54) is 10.4 Å². The maximum Gasteiger partial charge on any atom is 0.102 e. The highest BCUT2D eigenvalue weighted by Gasteiger charge is 1.90. The van der Waals surface area contributed by atoms with Crippen LogP contribution in [0.4, 0.5) is 0 Å². The van der Waals surface area contributed by atoms with E-state index < -0.39 is 0 Å². The Hall–Kier alpha value is -0.290. The molecule has 0 aliphatic heterocycles. The molecule has 0 aliphatic carbocycles. The Kier molecular flexibility index (Phi) is 3.05. The van der Waals surface area contributed by atoms with Gasteiger partial charge in [0.25, 0.3) is 0 Å². The number of hydrogen-bond donors (Lipinski definition) is 0. The zero-order valence-electron chi connectivity index (χ0n) is 6.60. The minimum atomic E-state index is 0.968. The second-order valence-electron chi connectivity index (χ2n) is 2.42. The van der Waals surface area contributed by atoms with Crippen molar-refractivity contribution in [3.05, 3.63) is 37.2 Å². The van der Waals surface area contributed by atoms with Crippen molar-refractivity contribution in [1.82, 2.24) is 0 Å². The van der Waals surface area contributed by atoms with Gasteiger partial charge in [0.05, 0.1) is 0 Å². The summed E-state index contributed by atoms with van der Waals surface area (Å²) in [4.78, 5) is 1.24. The highest BCUT2D eigenvalue weighted by molar-refractivity contribution is 7.79. The predicted molar refractivity (Wildman–Crippen MR) is 66.3 cm³/mol. The van der Waals surface area contributed by atoms with Gasteiger partial charge in [0.2, 0.25) is 0 Å². The smallest absolute Gasteiger partial charge is 0.102 e. The van der Waals surface area contributed by atoms with Crippen molar-refractivity contribution in [2.45, 2.75) is 0 Å². The Morgan fingerprint density at radius 2 is 2.15 bits per heavy atom. The van der Waals surface area contributed by atoms with E-state index in [0.717, 1.165) is 3.82 Å². The average molecular weight is 242 g/mol. The van der Waals surface area contributed by atoms with Crippen LogP contribution < -0.4 is 0 Å². The fourth-order valence-electron chi connectivity index (χ4n) is 0.878. The summed E-state index contributed by atoms with van der Waals surface area (Å²) in [6.45, 7) is 0. The summed E-state index contributed by atoms with van der Waals surface area (Å²) in [5, 5.41) is 4.21. The number of rotatable bonds is 2. The highest BCUT2D eigenvalue weighted by Crippen LogP contribution is 2.20. The maximum atomic E-state index is 5.04. The Morgan fingerprint density at radius 3 is 2.77 bits per heavy atom. The predicted octanol–water partition coefficient (Wildman–Crippen LogP) is 4.77. The molecule has 0 N–H and O–H groups in total. The monoisotopic (exact) mass is 242 g/mol. The number of hydrogen-bond acceptors (Lipinski definition) is 4. The van der Waals surface area contributed by atoms with Crippen LogP contribution in [-0.2, 0) is 0 Å². The Labute approximate surface area is 93.2 Å². The molecule has 2 aromatic heterocycles. The van der Waals surface area contributed by atoms with Crippen molar-refractivity contribution < 1.29 is 0 Å². The fraction of sp³-hybridized carbons (Fsp3) is 0. The molecule has 2 rings (SSSR count). The first-order valence-corrected chi connectivity index (χ1v) is 7.15. The van der Waals surface area contributed by atoms with Gasteiger partial charge in [0, 0.05) is 4.88 Å². The third-order valence-corrected chi connectivity index (χ3v) is 5.03. The summed E-state index contributed by atoms with van der Waals surface area (Å²) < 4.78 is 0.968. The number of thiophene rings is 1. The Morgan fingerprint density at radius 1 is 1.23 bits per heavy atom. The van der Waals surface area contributed by atoms with Crippen molar-refractivity contribution in [2.24, 2.45) is 0 Å². The quantitative estimate of drug-likeness (QED) is 0.540. The van der Waals surface area contributed by atoms with E-state index in [4.69, 9.17) is 12.2 Å². The molecule has 0 spiro atoms. The van der Waals surface area contributed by atoms with Crippen molar-refractivity contribution in [2.75, 3.05) is 0 Å². The molecule has 0 saturated carbocycles. The molecule has 0 aliphatic rings. The fourth-order valence-corrected chi connectivity index (χ4v) is 3.72. The lowest BCUT2D eigenvalue weighted by Crippen LogP contribution is -1.59. The molecule has 0 fully saturated rings. The van der Waals surface area contributed by atoms with E-state index >= 15 is 0 Å². The van der Waals surface area contributed by atoms with Crippen LogP contribution in [0.1, 0.15) is 10.4 Å². The molecule has 0 unspecified atom stereocenters. The maximum absolute atomic E-state index is 5.04. The third kappa shape index (κ3) is 2.57. The molecule has 0 nitrogen and oxygen atoms in total. The molecule has 4 heteroatoms. The molecule has 66 valence electrons. The molecule has 2 aromatic rings. The van der Waals surface area contributed by atoms with Crippen molar-refractivity contribution in [3.63, 3.8) is 0 Å². The van der Waals surface area contributed by atoms with E-state index in [-0.39, 0.29) is 0 Å². The van der Waals surface area contributed by atoms with Crippen LogP contribution in [0, 0.1) is 3.82 Å². The lowest BCUT2D eigenvalue weighted by Gasteiger charge is -1.81. The largest absolute Gasteiger partial charge is 0.152 e. The van der Waals surface area contributed by atoms with Crippen molar-refractivity contribution >= 4 is 56.4 Å². The SMILES string of the molecule is S=c1cc(/C=C/c2ccsc2)ss1. The molecule has 13 heavy (non-hydrogen) atoms. The van der Waals surface area contributed by atoms with Gasteiger partial charge in [-0.25, -0.2) is 0 Å². The molecule has 0 radical (unpaired) electrons. The van der Waals surface area contributed by atoms with E-state index in [2.05, 4.69) is 29.0 Å². The standard InChI is InChI=1S/C9H6S4/c10-9-5-8(12-13-9)2-1-7-3-4-11-6-7/h1-6H/b2-1+. The van der Waals surface area contributed by atoms with Gasteiger partial charge >= 0.3 is 0 Å². The first-order chi connectivity index (χ1) is 6.34. The second kappa shape index (κ2) is 4.28. The van der Waals surface area contributed by atoms with E-state index in [1.54, 1.807) is 32.0 Å². The summed E-state index contributed by atoms with van der Waals surface area (Å²) in [5.74, 6) is 0. The zero-order chi connectivity index (χ0) is 9.10. The molecule has 0 aromatic carbocycles. The highest BCUT2D eigenvalue weighted by atomic mass is 32.9. The van der Waals surface area contributed by atoms with Crippen LogP contribution in [0.2, 0.25) is 0 Å². The molecular formula is C9H6S4. The first kappa shape index (κ1) is 9.27. The second-order valence-corrected chi connectivity index (χ2v) is 6.15. The normalized spacial score (nSPS) is 11.1. The minimum Gasteiger partial charge on any atom is -0.152 e. The summed E-state index contributed by atoms with van der Waals surface area (Å²) >= 11 is 6.76. The lowest BCUT2D eigenvalue weighted by molar-refractivity contribution is 1.88. The molecule has 0 atom stereocenters. The summed E-state index contributed by atoms with van der Waals surface area (Å²) in [6, 6.07) is 4.14. The van der Waals surface area contributed by atoms with Crippen molar-refractivity contribution in [3.8, 4) is 0 Å². The Bertz CT molecular complexity index is 444. The molecular weight excluding hydrogens is 236 g/mol. The Balaban J connectivity index is 2.19. The first-order valence-electron chi connectivity index (χ1n) is 3.65. The van der Waals surface area contributed by atoms with Gasteiger partial charge in [0.15, 0.2) is 0 Å². The van der Waals surface area contributed by atoms with E-state index in [1.807, 2.05) is 6.07 Å². The zero-order valence-corrected chi connectivity index (χ0v) is 9.86. The van der Waals surface area contributed by atoms with Gasteiger partial charge in [-0.15, -0.1) is 0 Å². The third-order valence-electron chi connectivity index (χ3n) is 1.46. The topological polar surface area (TPSA) is 0 Å². The molecule has 0 bridgehead atoms. The summed E-state index contributed by atoms with van der Waals surface area (Å²) in [7, 11) is 3.37. The van der Waals surface area contributed by atoms with Gasteiger partial charge in [-0.2, -0.15) is 11.3 Å². The van der Waals surface area contributed by atoms with Crippen LogP contribution in [0.3, 0.4) is 0 Å². The van der Waals surface area contributed by atoms with Crippen LogP contribution >= 0.6 is 44.2 Å². The van der Waals surface area contributed by atoms with Gasteiger partial charge in [-0.05, 0) is 34.5 Å². The van der Waals surface area contributed by atoms with Gasteiger partial charge in [-0.3, -0.25) is 0 Å². The molecule has 0 saturated heterocycles. The van der Waals surface area contributed by atoms with E-state index in [0.29, 0.717) is 0 Å². The minimum absolute atomic E-state index is 0.968. The lowest BCUT2D eigenvalue weighted by atomic mass is 10.3. The van der Waals surface area contributed by atoms with E-state index in [9.17, 15) is 0 Å². The van der Waals surface area contributed by atoms with Gasteiger partial charge < -0.3 is 0 Å². The van der Waals surface area contributed by atoms with Crippen molar-refractivity contribution in [1.29, 1.82) is 0 Å². The average Bonchev–Trinajstić information content (AvgIpc) is 2.71. The summed E-state index contributed by atoms with van der Waals surface area (Å²) in [5.41, 5.74) is 1.26. The molecule has 0 amide bonds. The van der Waals surface area contributed by atoms with Crippen LogP contribution in [0.25, 0.3) is 12.2 Å². The van der Waals surface area contributed by atoms with Crippen LogP contribution in [-0.4, -0.2) is 0 Å². The van der Waals surface area contributed by atoms with Gasteiger partial charge in [-0.1, -0.05) is 39.0 Å². The van der Waals surface area contributed by atoms with Crippen LogP contribution in [0.15, 0.2) is 22.9 Å². The van der Waals surface area contributed by atoms with Crippen LogP contribution in [0.5, 0.6) is 0 Å². The molecule has 2 heterocycles. The summed E-state index contributed by atoms with van der Waals surface area (Å²) in [6.07, 6.45) is 4.23. The van der Waals surface area contributed by atoms with Gasteiger partial charge in [0.1, 0.15) is 3.82 Å².